The molecule has 1 aromatic heterocycles. The van der Waals surface area contributed by atoms with E-state index in [1.807, 2.05) is 0 Å². The van der Waals surface area contributed by atoms with Gasteiger partial charge in [0, 0.05) is 27.1 Å². The van der Waals surface area contributed by atoms with Crippen molar-refractivity contribution >= 4 is 43.5 Å². The lowest BCUT2D eigenvalue weighted by Crippen LogP contribution is -2.28. The normalized spacial score (nSPS) is 13.4. The Balaban J connectivity index is 1.01. The van der Waals surface area contributed by atoms with Crippen LogP contribution in [0.15, 0.2) is 211 Å². The molecule has 1 aliphatic carbocycles. The lowest BCUT2D eigenvalue weighted by molar-refractivity contribution is 0.487. The van der Waals surface area contributed by atoms with Crippen LogP contribution in [0.3, 0.4) is 0 Å². The molecule has 1 aliphatic heterocycles. The number of hydrogen-bond acceptors (Lipinski definition) is 2. The quantitative estimate of drug-likeness (QED) is 0.179. The number of ether oxygens (including phenoxy) is 1. The molecule has 0 radical (unpaired) electrons. The zero-order valence-electron chi connectivity index (χ0n) is 31.9. The molecule has 2 aliphatic rings. The summed E-state index contributed by atoms with van der Waals surface area (Å²) in [6.45, 7) is 0. The lowest BCUT2D eigenvalue weighted by atomic mass is 9.67. The standard InChI is InChI=1S/C57H34O2/c1-3-15-37(16-4-1)57(38-17-5-2-6-18-38)48-25-10-9-20-45(48)53-39(21-12-26-49(53)57)36-29-32-50-47(34-36)44-23-11-22-42-41(31-33-52(58-50)54(42)44)43-24-13-27-51-55(43)46-30-28-35-14-7-8-19-40(35)56(46)59-51/h1-34H. The Kier molecular flexibility index (Phi) is 6.68. The van der Waals surface area contributed by atoms with Crippen molar-refractivity contribution in [2.24, 2.45) is 0 Å². The Hall–Kier alpha value is -7.68. The molecule has 2 heteroatoms. The second kappa shape index (κ2) is 12.2. The average Bonchev–Trinajstić information content (AvgIpc) is 3.85. The molecule has 274 valence electrons. The topological polar surface area (TPSA) is 22.4 Å². The van der Waals surface area contributed by atoms with E-state index in [0.717, 1.165) is 71.8 Å². The van der Waals surface area contributed by atoms with E-state index < -0.39 is 5.41 Å². The van der Waals surface area contributed by atoms with Crippen molar-refractivity contribution in [1.82, 2.24) is 0 Å². The summed E-state index contributed by atoms with van der Waals surface area (Å²) >= 11 is 0. The summed E-state index contributed by atoms with van der Waals surface area (Å²) in [7, 11) is 0. The third-order valence-corrected chi connectivity index (χ3v) is 13.0. The maximum Gasteiger partial charge on any atom is 0.143 e. The van der Waals surface area contributed by atoms with E-state index in [4.69, 9.17) is 9.15 Å². The second-order valence-electron chi connectivity index (χ2n) is 15.9. The molecule has 11 aromatic rings. The minimum absolute atomic E-state index is 0.459. The molecule has 10 aromatic carbocycles. The van der Waals surface area contributed by atoms with Gasteiger partial charge in [-0.3, -0.25) is 0 Å². The highest BCUT2D eigenvalue weighted by atomic mass is 16.5. The highest BCUT2D eigenvalue weighted by molar-refractivity contribution is 6.21. The van der Waals surface area contributed by atoms with Crippen LogP contribution in [0, 0.1) is 0 Å². The van der Waals surface area contributed by atoms with Crippen molar-refractivity contribution < 1.29 is 9.15 Å². The largest absolute Gasteiger partial charge is 0.456 e. The van der Waals surface area contributed by atoms with Gasteiger partial charge in [0.05, 0.1) is 5.41 Å². The van der Waals surface area contributed by atoms with E-state index in [-0.39, 0.29) is 0 Å². The van der Waals surface area contributed by atoms with Crippen LogP contribution in [0.2, 0.25) is 0 Å². The molecule has 2 heterocycles. The first-order chi connectivity index (χ1) is 29.3. The van der Waals surface area contributed by atoms with Gasteiger partial charge in [-0.25, -0.2) is 0 Å². The Labute approximate surface area is 341 Å². The van der Waals surface area contributed by atoms with Gasteiger partial charge in [0.1, 0.15) is 22.7 Å². The van der Waals surface area contributed by atoms with E-state index >= 15 is 0 Å². The van der Waals surface area contributed by atoms with E-state index in [1.165, 1.54) is 49.9 Å². The molecule has 0 unspecified atom stereocenters. The van der Waals surface area contributed by atoms with Gasteiger partial charge in [-0.05, 0) is 102 Å². The number of benzene rings is 10. The molecule has 0 saturated heterocycles. The first kappa shape index (κ1) is 32.4. The van der Waals surface area contributed by atoms with Crippen molar-refractivity contribution in [1.29, 1.82) is 0 Å². The minimum atomic E-state index is -0.459. The van der Waals surface area contributed by atoms with Crippen LogP contribution in [-0.2, 0) is 5.41 Å². The molecule has 0 atom stereocenters. The number of furan rings is 1. The maximum atomic E-state index is 6.80. The molecular weight excluding hydrogens is 717 g/mol. The van der Waals surface area contributed by atoms with Gasteiger partial charge in [-0.15, -0.1) is 0 Å². The van der Waals surface area contributed by atoms with E-state index in [9.17, 15) is 0 Å². The smallest absolute Gasteiger partial charge is 0.143 e. The van der Waals surface area contributed by atoms with Gasteiger partial charge in [0.2, 0.25) is 0 Å². The molecule has 59 heavy (non-hydrogen) atoms. The van der Waals surface area contributed by atoms with Crippen LogP contribution in [-0.4, -0.2) is 0 Å². The fourth-order valence-electron chi connectivity index (χ4n) is 10.5. The predicted molar refractivity (Wildman–Crippen MR) is 242 cm³/mol. The fourth-order valence-corrected chi connectivity index (χ4v) is 10.5. The third kappa shape index (κ3) is 4.40. The summed E-state index contributed by atoms with van der Waals surface area (Å²) in [5.41, 5.74) is 16.0. The second-order valence-corrected chi connectivity index (χ2v) is 15.9. The Morgan fingerprint density at radius 3 is 1.85 bits per heavy atom. The first-order valence-corrected chi connectivity index (χ1v) is 20.3. The number of rotatable bonds is 4. The molecule has 0 amide bonds. The molecule has 0 bridgehead atoms. The molecule has 0 spiro atoms. The van der Waals surface area contributed by atoms with E-state index in [2.05, 4.69) is 206 Å². The van der Waals surface area contributed by atoms with Gasteiger partial charge in [-0.2, -0.15) is 0 Å². The average molecular weight is 751 g/mol. The fraction of sp³-hybridized carbons (Fsp3) is 0.0175. The molecule has 0 N–H and O–H groups in total. The molecule has 0 fully saturated rings. The molecule has 0 saturated carbocycles. The Morgan fingerprint density at radius 2 is 1.00 bits per heavy atom. The number of hydrogen-bond donors (Lipinski definition) is 0. The van der Waals surface area contributed by atoms with Crippen LogP contribution < -0.4 is 4.74 Å². The maximum absolute atomic E-state index is 6.80. The molecule has 13 rings (SSSR count). The Morgan fingerprint density at radius 1 is 0.356 bits per heavy atom. The summed E-state index contributed by atoms with van der Waals surface area (Å²) in [5, 5.41) is 6.84. The van der Waals surface area contributed by atoms with Crippen molar-refractivity contribution in [3.8, 4) is 56.0 Å². The van der Waals surface area contributed by atoms with Crippen molar-refractivity contribution in [3.63, 3.8) is 0 Å². The monoisotopic (exact) mass is 750 g/mol. The Bertz CT molecular complexity index is 3480. The van der Waals surface area contributed by atoms with Crippen molar-refractivity contribution in [2.75, 3.05) is 0 Å². The van der Waals surface area contributed by atoms with Crippen LogP contribution in [0.25, 0.3) is 88.0 Å². The predicted octanol–water partition coefficient (Wildman–Crippen LogP) is 15.4. The summed E-state index contributed by atoms with van der Waals surface area (Å²) < 4.78 is 13.4. The summed E-state index contributed by atoms with van der Waals surface area (Å²) in [6, 6.07) is 74.9. The zero-order chi connectivity index (χ0) is 38.7. The lowest BCUT2D eigenvalue weighted by Gasteiger charge is -2.34. The minimum Gasteiger partial charge on any atom is -0.456 e. The number of fused-ring (bicyclic) bond motifs is 10. The van der Waals surface area contributed by atoms with Crippen LogP contribution in [0.4, 0.5) is 0 Å². The van der Waals surface area contributed by atoms with Gasteiger partial charge in [0.15, 0.2) is 0 Å². The first-order valence-electron chi connectivity index (χ1n) is 20.3. The zero-order valence-corrected chi connectivity index (χ0v) is 31.9. The third-order valence-electron chi connectivity index (χ3n) is 13.0. The van der Waals surface area contributed by atoms with Crippen LogP contribution >= 0.6 is 0 Å². The van der Waals surface area contributed by atoms with Gasteiger partial charge < -0.3 is 9.15 Å². The summed E-state index contributed by atoms with van der Waals surface area (Å²) in [4.78, 5) is 0. The summed E-state index contributed by atoms with van der Waals surface area (Å²) in [6.07, 6.45) is 0. The van der Waals surface area contributed by atoms with E-state index in [1.54, 1.807) is 0 Å². The van der Waals surface area contributed by atoms with Crippen molar-refractivity contribution in [3.05, 3.63) is 229 Å². The molecule has 2 nitrogen and oxygen atoms in total. The van der Waals surface area contributed by atoms with Crippen molar-refractivity contribution in [2.45, 2.75) is 5.41 Å². The SMILES string of the molecule is c1ccc(C2(c3ccccc3)c3ccccc3-c3c(-c4ccc5c(c4)-c4cccc6c(-c7cccc8oc9c%10ccccc%10ccc9c78)ccc(c46)O5)cccc32)cc1. The highest BCUT2D eigenvalue weighted by Gasteiger charge is 2.46. The van der Waals surface area contributed by atoms with Crippen LogP contribution in [0.5, 0.6) is 11.5 Å². The highest BCUT2D eigenvalue weighted by Crippen LogP contribution is 2.59. The van der Waals surface area contributed by atoms with Gasteiger partial charge >= 0.3 is 0 Å². The van der Waals surface area contributed by atoms with Gasteiger partial charge in [0.25, 0.3) is 0 Å². The van der Waals surface area contributed by atoms with Gasteiger partial charge in [-0.1, -0.05) is 176 Å². The molecular formula is C57H34O2. The van der Waals surface area contributed by atoms with E-state index in [0.29, 0.717) is 0 Å². The van der Waals surface area contributed by atoms with Crippen LogP contribution in [0.1, 0.15) is 22.3 Å². The summed E-state index contributed by atoms with van der Waals surface area (Å²) in [5.74, 6) is 1.74.